The van der Waals surface area contributed by atoms with Crippen molar-refractivity contribution in [1.82, 2.24) is 9.97 Å². The number of thiophene rings is 1. The largest absolute Gasteiger partial charge is 0.493 e. The fourth-order valence-electron chi connectivity index (χ4n) is 2.43. The van der Waals surface area contributed by atoms with Gasteiger partial charge in [0.15, 0.2) is 11.5 Å². The predicted molar refractivity (Wildman–Crippen MR) is 104 cm³/mol. The molecule has 0 bridgehead atoms. The van der Waals surface area contributed by atoms with E-state index in [0.717, 1.165) is 21.3 Å². The predicted octanol–water partition coefficient (Wildman–Crippen LogP) is 4.33. The highest BCUT2D eigenvalue weighted by molar-refractivity contribution is 8.01. The zero-order chi connectivity index (χ0) is 18.9. The van der Waals surface area contributed by atoms with E-state index in [1.807, 2.05) is 23.6 Å². The number of fused-ring (bicyclic) bond motifs is 1. The van der Waals surface area contributed by atoms with Crippen molar-refractivity contribution >= 4 is 39.3 Å². The molecule has 0 radical (unpaired) electrons. The summed E-state index contributed by atoms with van der Waals surface area (Å²) in [5, 5.41) is 12.9. The van der Waals surface area contributed by atoms with Crippen LogP contribution in [-0.4, -0.2) is 40.0 Å². The van der Waals surface area contributed by atoms with Crippen LogP contribution in [0.5, 0.6) is 11.5 Å². The van der Waals surface area contributed by atoms with E-state index in [1.165, 1.54) is 29.4 Å². The summed E-state index contributed by atoms with van der Waals surface area (Å²) in [6.45, 7) is 3.33. The van der Waals surface area contributed by atoms with E-state index in [9.17, 15) is 9.90 Å². The normalized spacial score (nSPS) is 11.5. The molecule has 8 heteroatoms. The second-order valence-electron chi connectivity index (χ2n) is 6.00. The van der Waals surface area contributed by atoms with Crippen molar-refractivity contribution in [1.29, 1.82) is 0 Å². The molecule has 136 valence electrons. The molecule has 1 N–H and O–H groups in total. The number of methoxy groups -OCH3 is 2. The molecular weight excluding hydrogens is 372 g/mol. The standard InChI is InChI=1S/C18H18N2O4S2/c1-18(2,17(21)22)26-16-14-11(8-25-15(14)19-9-20-16)10-5-6-12(23-3)13(7-10)24-4/h5-9H,1-4H3,(H,21,22). The van der Waals surface area contributed by atoms with Crippen LogP contribution in [0, 0.1) is 0 Å². The van der Waals surface area contributed by atoms with Gasteiger partial charge in [0.25, 0.3) is 0 Å². The van der Waals surface area contributed by atoms with Gasteiger partial charge in [0, 0.05) is 10.9 Å². The molecule has 0 amide bonds. The van der Waals surface area contributed by atoms with E-state index in [-0.39, 0.29) is 0 Å². The monoisotopic (exact) mass is 390 g/mol. The average Bonchev–Trinajstić information content (AvgIpc) is 3.06. The molecule has 0 aliphatic rings. The Labute approximate surface area is 159 Å². The van der Waals surface area contributed by atoms with E-state index in [4.69, 9.17) is 9.47 Å². The molecule has 0 saturated carbocycles. The lowest BCUT2D eigenvalue weighted by atomic mass is 10.1. The Balaban J connectivity index is 2.15. The quantitative estimate of drug-likeness (QED) is 0.495. The molecule has 0 saturated heterocycles. The molecule has 1 aromatic carbocycles. The number of thioether (sulfide) groups is 1. The Morgan fingerprint density at radius 1 is 1.19 bits per heavy atom. The number of carboxylic acid groups (broad SMARTS) is 1. The van der Waals surface area contributed by atoms with Crippen LogP contribution in [0.4, 0.5) is 0 Å². The number of hydrogen-bond donors (Lipinski definition) is 1. The van der Waals surface area contributed by atoms with Gasteiger partial charge < -0.3 is 14.6 Å². The van der Waals surface area contributed by atoms with Crippen LogP contribution in [0.25, 0.3) is 21.3 Å². The highest BCUT2D eigenvalue weighted by Crippen LogP contribution is 2.43. The number of carbonyl (C=O) groups is 1. The molecular formula is C18H18N2O4S2. The lowest BCUT2D eigenvalue weighted by Gasteiger charge is -2.18. The first kappa shape index (κ1) is 18.5. The third kappa shape index (κ3) is 3.34. The molecule has 3 rings (SSSR count). The smallest absolute Gasteiger partial charge is 0.319 e. The van der Waals surface area contributed by atoms with Gasteiger partial charge in [-0.3, -0.25) is 4.79 Å². The van der Waals surface area contributed by atoms with Crippen molar-refractivity contribution < 1.29 is 19.4 Å². The molecule has 2 heterocycles. The van der Waals surface area contributed by atoms with Crippen LogP contribution in [0.3, 0.4) is 0 Å². The Hall–Kier alpha value is -2.32. The molecule has 0 aliphatic carbocycles. The number of rotatable bonds is 6. The van der Waals surface area contributed by atoms with Crippen molar-refractivity contribution in [3.63, 3.8) is 0 Å². The molecule has 6 nitrogen and oxygen atoms in total. The van der Waals surface area contributed by atoms with Gasteiger partial charge >= 0.3 is 5.97 Å². The summed E-state index contributed by atoms with van der Waals surface area (Å²) < 4.78 is 9.69. The fraction of sp³-hybridized carbons (Fsp3) is 0.278. The maximum atomic E-state index is 11.5. The van der Waals surface area contributed by atoms with Crippen LogP contribution in [0.2, 0.25) is 0 Å². The molecule has 26 heavy (non-hydrogen) atoms. The minimum atomic E-state index is -1.00. The van der Waals surface area contributed by atoms with Crippen LogP contribution >= 0.6 is 23.1 Å². The van der Waals surface area contributed by atoms with E-state index in [1.54, 1.807) is 28.1 Å². The minimum Gasteiger partial charge on any atom is -0.493 e. The van der Waals surface area contributed by atoms with Gasteiger partial charge in [-0.15, -0.1) is 11.3 Å². The summed E-state index contributed by atoms with van der Waals surface area (Å²) in [5.41, 5.74) is 1.87. The van der Waals surface area contributed by atoms with Gasteiger partial charge in [0.05, 0.1) is 19.6 Å². The first-order valence-corrected chi connectivity index (χ1v) is 9.44. The average molecular weight is 390 g/mol. The van der Waals surface area contributed by atoms with Crippen molar-refractivity contribution in [3.8, 4) is 22.6 Å². The minimum absolute atomic E-state index is 0.626. The number of aromatic nitrogens is 2. The zero-order valence-electron chi connectivity index (χ0n) is 14.8. The topological polar surface area (TPSA) is 81.5 Å². The van der Waals surface area contributed by atoms with Crippen molar-refractivity contribution in [3.05, 3.63) is 29.9 Å². The Morgan fingerprint density at radius 2 is 1.92 bits per heavy atom. The van der Waals surface area contributed by atoms with Crippen LogP contribution in [0.1, 0.15) is 13.8 Å². The summed E-state index contributed by atoms with van der Waals surface area (Å²) in [7, 11) is 3.18. The van der Waals surface area contributed by atoms with Gasteiger partial charge in [0.2, 0.25) is 0 Å². The second kappa shape index (κ2) is 7.13. The van der Waals surface area contributed by atoms with Crippen LogP contribution in [0.15, 0.2) is 34.9 Å². The first-order chi connectivity index (χ1) is 12.4. The maximum absolute atomic E-state index is 11.5. The molecule has 0 unspecified atom stereocenters. The SMILES string of the molecule is COc1ccc(-c2csc3ncnc(SC(C)(C)C(=O)O)c23)cc1OC. The third-order valence-electron chi connectivity index (χ3n) is 3.90. The van der Waals surface area contributed by atoms with Gasteiger partial charge in [-0.2, -0.15) is 0 Å². The number of carboxylic acids is 1. The Morgan fingerprint density at radius 3 is 2.58 bits per heavy atom. The van der Waals surface area contributed by atoms with Gasteiger partial charge in [0.1, 0.15) is 20.9 Å². The zero-order valence-corrected chi connectivity index (χ0v) is 16.4. The first-order valence-electron chi connectivity index (χ1n) is 7.74. The summed E-state index contributed by atoms with van der Waals surface area (Å²) >= 11 is 2.71. The van der Waals surface area contributed by atoms with Crippen molar-refractivity contribution in [2.24, 2.45) is 0 Å². The summed E-state index contributed by atoms with van der Waals surface area (Å²) in [5.74, 6) is 0.382. The lowest BCUT2D eigenvalue weighted by Crippen LogP contribution is -2.27. The second-order valence-corrected chi connectivity index (χ2v) is 8.47. The summed E-state index contributed by atoms with van der Waals surface area (Å²) in [4.78, 5) is 21.0. The summed E-state index contributed by atoms with van der Waals surface area (Å²) in [6.07, 6.45) is 1.47. The molecule has 0 aliphatic heterocycles. The number of hydrogen-bond acceptors (Lipinski definition) is 7. The molecule has 0 atom stereocenters. The van der Waals surface area contributed by atoms with Crippen LogP contribution in [-0.2, 0) is 4.79 Å². The molecule has 0 fully saturated rings. The number of nitrogens with zero attached hydrogens (tertiary/aromatic N) is 2. The maximum Gasteiger partial charge on any atom is 0.319 e. The Kier molecular flexibility index (Phi) is 5.06. The third-order valence-corrected chi connectivity index (χ3v) is 5.97. The molecule has 3 aromatic rings. The fourth-order valence-corrected chi connectivity index (χ4v) is 4.39. The van der Waals surface area contributed by atoms with Crippen molar-refractivity contribution in [2.45, 2.75) is 23.6 Å². The molecule has 2 aromatic heterocycles. The van der Waals surface area contributed by atoms with E-state index in [0.29, 0.717) is 16.5 Å². The Bertz CT molecular complexity index is 969. The number of aliphatic carboxylic acids is 1. The number of ether oxygens (including phenoxy) is 2. The van der Waals surface area contributed by atoms with Gasteiger partial charge in [-0.25, -0.2) is 9.97 Å². The van der Waals surface area contributed by atoms with E-state index >= 15 is 0 Å². The molecule has 0 spiro atoms. The van der Waals surface area contributed by atoms with Crippen molar-refractivity contribution in [2.75, 3.05) is 14.2 Å². The highest BCUT2D eigenvalue weighted by atomic mass is 32.2. The summed E-state index contributed by atoms with van der Waals surface area (Å²) in [6, 6.07) is 5.67. The highest BCUT2D eigenvalue weighted by Gasteiger charge is 2.30. The van der Waals surface area contributed by atoms with E-state index in [2.05, 4.69) is 9.97 Å². The lowest BCUT2D eigenvalue weighted by molar-refractivity contribution is -0.138. The van der Waals surface area contributed by atoms with Crippen LogP contribution < -0.4 is 9.47 Å². The number of benzene rings is 1. The van der Waals surface area contributed by atoms with E-state index < -0.39 is 10.7 Å². The van der Waals surface area contributed by atoms with Gasteiger partial charge in [-0.05, 0) is 31.5 Å². The van der Waals surface area contributed by atoms with Gasteiger partial charge in [-0.1, -0.05) is 17.8 Å².